The van der Waals surface area contributed by atoms with E-state index in [0.717, 1.165) is 0 Å². The van der Waals surface area contributed by atoms with Crippen molar-refractivity contribution >= 4 is 11.9 Å². The largest absolute Gasteiger partial charge is 0.481 e. The maximum absolute atomic E-state index is 11.3. The van der Waals surface area contributed by atoms with Gasteiger partial charge in [-0.3, -0.25) is 9.59 Å². The Kier molecular flexibility index (Phi) is 5.30. The van der Waals surface area contributed by atoms with Crippen LogP contribution in [0.5, 0.6) is 0 Å². The number of methoxy groups -OCH3 is 1. The molecule has 0 bridgehead atoms. The third-order valence-electron chi connectivity index (χ3n) is 3.54. The summed E-state index contributed by atoms with van der Waals surface area (Å²) in [5.41, 5.74) is -0.609. The summed E-state index contributed by atoms with van der Waals surface area (Å²) in [5, 5.41) is 18.6. The van der Waals surface area contributed by atoms with E-state index in [1.54, 1.807) is 18.2 Å². The maximum Gasteiger partial charge on any atom is 0.311 e. The Hall–Kier alpha value is -1.62. The summed E-state index contributed by atoms with van der Waals surface area (Å²) in [6.45, 7) is 1.65. The summed E-state index contributed by atoms with van der Waals surface area (Å²) < 4.78 is 4.58. The van der Waals surface area contributed by atoms with Crippen LogP contribution < -0.4 is 0 Å². The first-order chi connectivity index (χ1) is 8.92. The first kappa shape index (κ1) is 15.4. The van der Waals surface area contributed by atoms with Crippen molar-refractivity contribution in [1.82, 2.24) is 0 Å². The number of hydrogen-bond donors (Lipinski definition) is 2. The number of aliphatic carboxylic acids is 1. The topological polar surface area (TPSA) is 83.8 Å². The van der Waals surface area contributed by atoms with Crippen molar-refractivity contribution < 1.29 is 24.5 Å². The van der Waals surface area contributed by atoms with Crippen molar-refractivity contribution in [2.24, 2.45) is 17.3 Å². The molecule has 19 heavy (non-hydrogen) atoms. The van der Waals surface area contributed by atoms with E-state index in [1.807, 2.05) is 13.0 Å². The molecule has 3 atom stereocenters. The van der Waals surface area contributed by atoms with Crippen LogP contribution in [0.15, 0.2) is 24.3 Å². The Morgan fingerprint density at radius 3 is 2.63 bits per heavy atom. The smallest absolute Gasteiger partial charge is 0.311 e. The average Bonchev–Trinajstić information content (AvgIpc) is 2.37. The summed E-state index contributed by atoms with van der Waals surface area (Å²) >= 11 is 0. The van der Waals surface area contributed by atoms with Crippen molar-refractivity contribution in [1.29, 1.82) is 0 Å². The quantitative estimate of drug-likeness (QED) is 0.711. The van der Waals surface area contributed by atoms with E-state index in [9.17, 15) is 19.8 Å². The van der Waals surface area contributed by atoms with Crippen molar-refractivity contribution in [2.45, 2.75) is 19.8 Å². The van der Waals surface area contributed by atoms with Gasteiger partial charge in [0.2, 0.25) is 0 Å². The first-order valence-corrected chi connectivity index (χ1v) is 6.19. The number of carbonyl (C=O) groups is 2. The van der Waals surface area contributed by atoms with Gasteiger partial charge >= 0.3 is 11.9 Å². The first-order valence-electron chi connectivity index (χ1n) is 6.19. The zero-order chi connectivity index (χ0) is 14.5. The fraction of sp³-hybridized carbons (Fsp3) is 0.571. The summed E-state index contributed by atoms with van der Waals surface area (Å²) in [6, 6.07) is 0. The molecule has 0 aromatic rings. The zero-order valence-electron chi connectivity index (χ0n) is 11.2. The predicted octanol–water partition coefficient (Wildman–Crippen LogP) is 1.38. The lowest BCUT2D eigenvalue weighted by atomic mass is 9.69. The number of ether oxygens (including phenoxy) is 1. The van der Waals surface area contributed by atoms with Gasteiger partial charge in [-0.15, -0.1) is 0 Å². The number of carboxylic acid groups (broad SMARTS) is 1. The van der Waals surface area contributed by atoms with Gasteiger partial charge in [-0.1, -0.05) is 31.2 Å². The number of allylic oxidation sites excluding steroid dienone is 3. The van der Waals surface area contributed by atoms with Gasteiger partial charge in [0.1, 0.15) is 0 Å². The minimum absolute atomic E-state index is 0.0898. The molecule has 1 aliphatic carbocycles. The average molecular weight is 268 g/mol. The Balaban J connectivity index is 2.80. The van der Waals surface area contributed by atoms with Gasteiger partial charge in [0, 0.05) is 12.0 Å². The number of carbonyl (C=O) groups excluding carboxylic acids is 1. The Morgan fingerprint density at radius 2 is 2.11 bits per heavy atom. The van der Waals surface area contributed by atoms with E-state index in [0.29, 0.717) is 6.42 Å². The molecule has 106 valence electrons. The van der Waals surface area contributed by atoms with Gasteiger partial charge < -0.3 is 14.9 Å². The molecule has 1 aliphatic rings. The molecule has 0 saturated carbocycles. The van der Waals surface area contributed by atoms with Crippen molar-refractivity contribution in [3.05, 3.63) is 24.3 Å². The number of aliphatic hydroxyl groups is 1. The second-order valence-corrected chi connectivity index (χ2v) is 5.10. The standard InChI is InChI=1S/C14H20O5/c1-14(6-4-3-5-11(14)13(17)18)8-10(9-15)7-12(16)19-2/h3-6,10-11,15H,7-9H2,1-2H3,(H,17,18). The lowest BCUT2D eigenvalue weighted by molar-refractivity contribution is -0.143. The minimum atomic E-state index is -0.905. The Bertz CT molecular complexity index is 399. The molecular formula is C14H20O5. The minimum Gasteiger partial charge on any atom is -0.481 e. The van der Waals surface area contributed by atoms with Crippen LogP contribution in [0.3, 0.4) is 0 Å². The molecule has 0 radical (unpaired) electrons. The molecule has 2 N–H and O–H groups in total. The molecule has 3 unspecified atom stereocenters. The molecular weight excluding hydrogens is 248 g/mol. The van der Waals surface area contributed by atoms with E-state index < -0.39 is 23.3 Å². The highest BCUT2D eigenvalue weighted by Crippen LogP contribution is 2.40. The highest BCUT2D eigenvalue weighted by Gasteiger charge is 2.38. The van der Waals surface area contributed by atoms with Crippen molar-refractivity contribution in [3.63, 3.8) is 0 Å². The van der Waals surface area contributed by atoms with Gasteiger partial charge in [-0.05, 0) is 12.3 Å². The number of hydrogen-bond acceptors (Lipinski definition) is 4. The predicted molar refractivity (Wildman–Crippen MR) is 69.3 cm³/mol. The van der Waals surface area contributed by atoms with Crippen molar-refractivity contribution in [2.75, 3.05) is 13.7 Å². The van der Waals surface area contributed by atoms with Crippen LogP contribution in [0.4, 0.5) is 0 Å². The highest BCUT2D eigenvalue weighted by atomic mass is 16.5. The van der Waals surface area contributed by atoms with Gasteiger partial charge in [0.05, 0.1) is 19.4 Å². The van der Waals surface area contributed by atoms with E-state index in [2.05, 4.69) is 4.74 Å². The van der Waals surface area contributed by atoms with Crippen LogP contribution >= 0.6 is 0 Å². The third kappa shape index (κ3) is 3.92. The van der Waals surface area contributed by atoms with E-state index >= 15 is 0 Å². The second kappa shape index (κ2) is 6.52. The summed E-state index contributed by atoms with van der Waals surface area (Å²) in [4.78, 5) is 22.5. The lowest BCUT2D eigenvalue weighted by Gasteiger charge is -2.35. The number of rotatable bonds is 6. The van der Waals surface area contributed by atoms with Gasteiger partial charge in [-0.25, -0.2) is 0 Å². The van der Waals surface area contributed by atoms with E-state index in [-0.39, 0.29) is 18.9 Å². The van der Waals surface area contributed by atoms with Crippen LogP contribution in [0.1, 0.15) is 19.8 Å². The highest BCUT2D eigenvalue weighted by molar-refractivity contribution is 5.74. The molecule has 0 aromatic carbocycles. The molecule has 5 nitrogen and oxygen atoms in total. The van der Waals surface area contributed by atoms with E-state index in [4.69, 9.17) is 0 Å². The van der Waals surface area contributed by atoms with Crippen LogP contribution in [0, 0.1) is 17.3 Å². The van der Waals surface area contributed by atoms with Gasteiger partial charge in [-0.2, -0.15) is 0 Å². The van der Waals surface area contributed by atoms with E-state index in [1.165, 1.54) is 7.11 Å². The molecule has 0 spiro atoms. The Morgan fingerprint density at radius 1 is 1.42 bits per heavy atom. The monoisotopic (exact) mass is 268 g/mol. The summed E-state index contributed by atoms with van der Waals surface area (Å²) in [7, 11) is 1.29. The lowest BCUT2D eigenvalue weighted by Crippen LogP contribution is -2.35. The van der Waals surface area contributed by atoms with Gasteiger partial charge in [0.25, 0.3) is 0 Å². The molecule has 0 heterocycles. The van der Waals surface area contributed by atoms with Crippen LogP contribution in [0.25, 0.3) is 0 Å². The molecule has 5 heteroatoms. The van der Waals surface area contributed by atoms with Crippen LogP contribution in [-0.4, -0.2) is 35.9 Å². The molecule has 0 saturated heterocycles. The van der Waals surface area contributed by atoms with Crippen LogP contribution in [-0.2, 0) is 14.3 Å². The number of carboxylic acids is 1. The second-order valence-electron chi connectivity index (χ2n) is 5.10. The Labute approximate surface area is 112 Å². The molecule has 0 amide bonds. The zero-order valence-corrected chi connectivity index (χ0v) is 11.2. The molecule has 0 fully saturated rings. The SMILES string of the molecule is COC(=O)CC(CO)CC1(C)C=CC=CC1C(=O)O. The van der Waals surface area contributed by atoms with Crippen molar-refractivity contribution in [3.8, 4) is 0 Å². The molecule has 1 rings (SSSR count). The van der Waals surface area contributed by atoms with Gasteiger partial charge in [0.15, 0.2) is 0 Å². The fourth-order valence-corrected chi connectivity index (χ4v) is 2.48. The summed E-state index contributed by atoms with van der Waals surface area (Å²) in [6.07, 6.45) is 7.46. The molecule has 0 aliphatic heterocycles. The maximum atomic E-state index is 11.3. The van der Waals surface area contributed by atoms with Crippen LogP contribution in [0.2, 0.25) is 0 Å². The number of esters is 1. The molecule has 0 aromatic heterocycles. The fourth-order valence-electron chi connectivity index (χ4n) is 2.48. The summed E-state index contributed by atoms with van der Waals surface area (Å²) in [5.74, 6) is -2.26. The third-order valence-corrected chi connectivity index (χ3v) is 3.54. The number of aliphatic hydroxyl groups excluding tert-OH is 1. The normalized spacial score (nSPS) is 27.0.